The van der Waals surface area contributed by atoms with Crippen molar-refractivity contribution in [2.45, 2.75) is 38.7 Å². The van der Waals surface area contributed by atoms with E-state index in [0.29, 0.717) is 0 Å². The van der Waals surface area contributed by atoms with Crippen LogP contribution < -0.4 is 10.2 Å². The summed E-state index contributed by atoms with van der Waals surface area (Å²) >= 11 is 1.38. The van der Waals surface area contributed by atoms with Crippen molar-refractivity contribution in [2.24, 2.45) is 0 Å². The summed E-state index contributed by atoms with van der Waals surface area (Å²) in [6, 6.07) is 16.1. The van der Waals surface area contributed by atoms with Crippen LogP contribution in [0.1, 0.15) is 24.5 Å². The number of aromatic nitrogens is 4. The lowest BCUT2D eigenvalue weighted by molar-refractivity contribution is -0.137. The van der Waals surface area contributed by atoms with Crippen LogP contribution in [0.5, 0.6) is 0 Å². The van der Waals surface area contributed by atoms with Crippen molar-refractivity contribution in [3.8, 4) is 10.7 Å². The van der Waals surface area contributed by atoms with E-state index in [2.05, 4.69) is 20.7 Å². The quantitative estimate of drug-likeness (QED) is 0.344. The molecule has 1 atom stereocenters. The molecule has 2 heterocycles. The van der Waals surface area contributed by atoms with Crippen LogP contribution >= 0.6 is 11.3 Å². The van der Waals surface area contributed by atoms with Gasteiger partial charge in [-0.05, 0) is 40.8 Å². The van der Waals surface area contributed by atoms with Crippen LogP contribution in [0.3, 0.4) is 0 Å². The van der Waals surface area contributed by atoms with E-state index >= 15 is 0 Å². The maximum Gasteiger partial charge on any atom is 0.418 e. The molecule has 0 spiro atoms. The second-order valence-electron chi connectivity index (χ2n) is 8.03. The van der Waals surface area contributed by atoms with E-state index in [4.69, 9.17) is 0 Å². The van der Waals surface area contributed by atoms with Crippen molar-refractivity contribution in [1.29, 1.82) is 0 Å². The first kappa shape index (κ1) is 26.0. The lowest BCUT2D eigenvalue weighted by atomic mass is 10.1. The molecule has 0 bridgehead atoms. The molecule has 0 radical (unpaired) electrons. The fourth-order valence-corrected chi connectivity index (χ4v) is 4.45. The Hall–Kier alpha value is -4.06. The highest BCUT2D eigenvalue weighted by Crippen LogP contribution is 2.37. The molecular weight excluding hydrogens is 505 g/mol. The third kappa shape index (κ3) is 6.20. The molecule has 4 rings (SSSR count). The third-order valence-corrected chi connectivity index (χ3v) is 6.39. The predicted molar refractivity (Wildman–Crippen MR) is 132 cm³/mol. The summed E-state index contributed by atoms with van der Waals surface area (Å²) in [4.78, 5) is 29.3. The molecular formula is C25H23F3N6O2S. The van der Waals surface area contributed by atoms with Gasteiger partial charge in [0.15, 0.2) is 0 Å². The molecule has 0 saturated heterocycles. The topological polar surface area (TPSA) is 93.0 Å². The number of hydrogen-bond acceptors (Lipinski definition) is 6. The number of rotatable bonds is 9. The Labute approximate surface area is 214 Å². The van der Waals surface area contributed by atoms with Crippen LogP contribution in [0.4, 0.5) is 18.9 Å². The summed E-state index contributed by atoms with van der Waals surface area (Å²) < 4.78 is 41.8. The third-order valence-electron chi connectivity index (χ3n) is 5.52. The summed E-state index contributed by atoms with van der Waals surface area (Å²) in [7, 11) is 0. The van der Waals surface area contributed by atoms with Gasteiger partial charge in [0.1, 0.15) is 12.6 Å². The molecule has 4 aromatic rings. The van der Waals surface area contributed by atoms with Crippen molar-refractivity contribution in [3.63, 3.8) is 0 Å². The van der Waals surface area contributed by atoms with Crippen molar-refractivity contribution >= 4 is 28.8 Å². The molecule has 8 nitrogen and oxygen atoms in total. The van der Waals surface area contributed by atoms with Gasteiger partial charge in [-0.15, -0.1) is 21.5 Å². The van der Waals surface area contributed by atoms with Gasteiger partial charge in [-0.25, -0.2) is 0 Å². The number of alkyl halides is 3. The number of halogens is 3. The Balaban J connectivity index is 1.65. The van der Waals surface area contributed by atoms with E-state index in [1.54, 1.807) is 13.0 Å². The zero-order valence-corrected chi connectivity index (χ0v) is 20.5. The van der Waals surface area contributed by atoms with Crippen molar-refractivity contribution < 1.29 is 22.8 Å². The van der Waals surface area contributed by atoms with Crippen molar-refractivity contribution in [2.75, 3.05) is 4.90 Å². The number of para-hydroxylation sites is 1. The Morgan fingerprint density at radius 1 is 1.05 bits per heavy atom. The van der Waals surface area contributed by atoms with E-state index in [9.17, 15) is 22.8 Å². The maximum atomic E-state index is 13.9. The van der Waals surface area contributed by atoms with E-state index < -0.39 is 41.8 Å². The second kappa shape index (κ2) is 11.3. The monoisotopic (exact) mass is 528 g/mol. The van der Waals surface area contributed by atoms with Gasteiger partial charge in [-0.3, -0.25) is 14.5 Å². The number of benzene rings is 2. The van der Waals surface area contributed by atoms with Gasteiger partial charge in [-0.1, -0.05) is 55.5 Å². The zero-order valence-electron chi connectivity index (χ0n) is 19.7. The van der Waals surface area contributed by atoms with Crippen molar-refractivity contribution in [1.82, 2.24) is 25.5 Å². The highest BCUT2D eigenvalue weighted by molar-refractivity contribution is 7.13. The molecule has 192 valence electrons. The van der Waals surface area contributed by atoms with E-state index in [-0.39, 0.29) is 18.8 Å². The van der Waals surface area contributed by atoms with Crippen molar-refractivity contribution in [3.05, 3.63) is 83.2 Å². The molecule has 2 aromatic heterocycles. The molecule has 2 amide bonds. The number of hydrogen-bond donors (Lipinski definition) is 1. The number of anilines is 1. The minimum Gasteiger partial charge on any atom is -0.350 e. The summed E-state index contributed by atoms with van der Waals surface area (Å²) in [5.74, 6) is -1.08. The largest absolute Gasteiger partial charge is 0.418 e. The number of nitrogens with one attached hydrogen (secondary N) is 1. The fraction of sp³-hybridized carbons (Fsp3) is 0.240. The molecule has 1 N–H and O–H groups in total. The standard InChI is InChI=1S/C25H23F3N6O2S/c1-2-19(24(36)29-15-17-9-4-3-5-10-17)34(20-12-7-6-11-18(20)25(26,27)28)22(35)16-33-31-23(30-32-33)21-13-8-14-37-21/h3-14,19H,2,15-16H2,1H3,(H,29,36)/t19-/m1/s1. The van der Waals surface area contributed by atoms with Crippen LogP contribution in [-0.4, -0.2) is 38.1 Å². The van der Waals surface area contributed by atoms with Crippen LogP contribution in [0, 0.1) is 0 Å². The molecule has 2 aromatic carbocycles. The van der Waals surface area contributed by atoms with Gasteiger partial charge in [0.25, 0.3) is 5.91 Å². The molecule has 0 fully saturated rings. The highest BCUT2D eigenvalue weighted by Gasteiger charge is 2.39. The summed E-state index contributed by atoms with van der Waals surface area (Å²) in [5, 5.41) is 16.6. The molecule has 37 heavy (non-hydrogen) atoms. The summed E-state index contributed by atoms with van der Waals surface area (Å²) in [6.07, 6.45) is -4.67. The molecule has 0 aliphatic heterocycles. The molecule has 0 aliphatic rings. The minimum atomic E-state index is -4.74. The summed E-state index contributed by atoms with van der Waals surface area (Å²) in [5.41, 5.74) is -0.629. The Kier molecular flexibility index (Phi) is 7.97. The van der Waals surface area contributed by atoms with Gasteiger partial charge >= 0.3 is 6.18 Å². The Bertz CT molecular complexity index is 1340. The second-order valence-corrected chi connectivity index (χ2v) is 8.97. The van der Waals surface area contributed by atoms with E-state index in [1.165, 1.54) is 29.5 Å². The number of carbonyl (C=O) groups excluding carboxylic acids is 2. The lowest BCUT2D eigenvalue weighted by Gasteiger charge is -2.32. The number of carbonyl (C=O) groups is 2. The maximum absolute atomic E-state index is 13.9. The smallest absolute Gasteiger partial charge is 0.350 e. The van der Waals surface area contributed by atoms with Gasteiger partial charge in [-0.2, -0.15) is 18.0 Å². The number of thiophene rings is 1. The van der Waals surface area contributed by atoms with Crippen LogP contribution in [0.15, 0.2) is 72.1 Å². The normalized spacial score (nSPS) is 12.2. The first-order valence-electron chi connectivity index (χ1n) is 11.4. The number of nitrogens with zero attached hydrogens (tertiary/aromatic N) is 5. The van der Waals surface area contributed by atoms with Crippen LogP contribution in [0.2, 0.25) is 0 Å². The predicted octanol–water partition coefficient (Wildman–Crippen LogP) is 4.55. The van der Waals surface area contributed by atoms with Crippen LogP contribution in [0.25, 0.3) is 10.7 Å². The van der Waals surface area contributed by atoms with Gasteiger partial charge < -0.3 is 5.32 Å². The van der Waals surface area contributed by atoms with Gasteiger partial charge in [0, 0.05) is 6.54 Å². The molecule has 0 saturated carbocycles. The molecule has 12 heteroatoms. The fourth-order valence-electron chi connectivity index (χ4n) is 3.80. The first-order chi connectivity index (χ1) is 17.8. The average Bonchev–Trinajstić information content (AvgIpc) is 3.58. The molecule has 0 aliphatic carbocycles. The average molecular weight is 529 g/mol. The zero-order chi connectivity index (χ0) is 26.4. The Morgan fingerprint density at radius 2 is 1.78 bits per heavy atom. The summed E-state index contributed by atoms with van der Waals surface area (Å²) in [6.45, 7) is 1.28. The Morgan fingerprint density at radius 3 is 2.46 bits per heavy atom. The van der Waals surface area contributed by atoms with Gasteiger partial charge in [0.2, 0.25) is 11.7 Å². The van der Waals surface area contributed by atoms with E-state index in [1.807, 2.05) is 41.8 Å². The number of tetrazole rings is 1. The van der Waals surface area contributed by atoms with Crippen LogP contribution in [-0.2, 0) is 28.9 Å². The lowest BCUT2D eigenvalue weighted by Crippen LogP contribution is -2.51. The van der Waals surface area contributed by atoms with E-state index in [0.717, 1.165) is 26.2 Å². The SMILES string of the molecule is CC[C@H](C(=O)NCc1ccccc1)N(C(=O)Cn1nnc(-c2cccs2)n1)c1ccccc1C(F)(F)F. The minimum absolute atomic E-state index is 0.0732. The number of amides is 2. The van der Waals surface area contributed by atoms with Gasteiger partial charge in [0.05, 0.1) is 16.1 Å². The first-order valence-corrected chi connectivity index (χ1v) is 12.3. The molecule has 0 unspecified atom stereocenters. The highest BCUT2D eigenvalue weighted by atomic mass is 32.1.